The average Bonchev–Trinajstić information content (AvgIpc) is 2.49. The SMILES string of the molecule is C/N=C\c1cnn(C2CC(F)(F)C2)c1. The maximum atomic E-state index is 12.6. The number of aliphatic imine (C=N–C) groups is 1. The fourth-order valence-electron chi connectivity index (χ4n) is 1.58. The van der Waals surface area contributed by atoms with Crippen molar-refractivity contribution in [2.45, 2.75) is 24.8 Å². The molecule has 14 heavy (non-hydrogen) atoms. The summed E-state index contributed by atoms with van der Waals surface area (Å²) >= 11 is 0. The average molecular weight is 199 g/mol. The molecule has 1 aromatic rings. The molecule has 0 bridgehead atoms. The Bertz CT molecular complexity index is 349. The molecule has 1 saturated carbocycles. The van der Waals surface area contributed by atoms with Crippen molar-refractivity contribution in [1.29, 1.82) is 0 Å². The Morgan fingerprint density at radius 1 is 1.64 bits per heavy atom. The van der Waals surface area contributed by atoms with Crippen molar-refractivity contribution >= 4 is 6.21 Å². The third-order valence-electron chi connectivity index (χ3n) is 2.34. The van der Waals surface area contributed by atoms with Gasteiger partial charge in [-0.2, -0.15) is 5.10 Å². The molecular formula is C9H11F2N3. The van der Waals surface area contributed by atoms with Gasteiger partial charge >= 0.3 is 0 Å². The van der Waals surface area contributed by atoms with Crippen LogP contribution in [0.1, 0.15) is 24.4 Å². The van der Waals surface area contributed by atoms with E-state index in [9.17, 15) is 8.78 Å². The minimum atomic E-state index is -2.49. The van der Waals surface area contributed by atoms with E-state index in [1.807, 2.05) is 0 Å². The van der Waals surface area contributed by atoms with Gasteiger partial charge in [0.2, 0.25) is 0 Å². The third-order valence-corrected chi connectivity index (χ3v) is 2.34. The molecule has 0 unspecified atom stereocenters. The molecule has 0 saturated heterocycles. The lowest BCUT2D eigenvalue weighted by molar-refractivity contribution is -0.106. The predicted molar refractivity (Wildman–Crippen MR) is 49.0 cm³/mol. The standard InChI is InChI=1S/C9H11F2N3/c1-12-4-7-5-13-14(6-7)8-2-9(10,11)3-8/h4-6,8H,2-3H2,1H3/b12-4-. The summed E-state index contributed by atoms with van der Waals surface area (Å²) in [5.41, 5.74) is 0.850. The maximum absolute atomic E-state index is 12.6. The van der Waals surface area contributed by atoms with E-state index >= 15 is 0 Å². The van der Waals surface area contributed by atoms with Crippen molar-refractivity contribution in [3.63, 3.8) is 0 Å². The van der Waals surface area contributed by atoms with Crippen molar-refractivity contribution in [1.82, 2.24) is 9.78 Å². The Labute approximate surface area is 80.4 Å². The molecule has 2 rings (SSSR count). The molecule has 5 heteroatoms. The van der Waals surface area contributed by atoms with Crippen LogP contribution < -0.4 is 0 Å². The van der Waals surface area contributed by atoms with Gasteiger partial charge in [0.15, 0.2) is 0 Å². The van der Waals surface area contributed by atoms with Gasteiger partial charge in [0.05, 0.1) is 12.2 Å². The summed E-state index contributed by atoms with van der Waals surface area (Å²) in [4.78, 5) is 3.82. The highest BCUT2D eigenvalue weighted by Gasteiger charge is 2.46. The first-order valence-electron chi connectivity index (χ1n) is 4.45. The summed E-state index contributed by atoms with van der Waals surface area (Å²) in [6, 6.07) is -0.149. The molecule has 1 aliphatic carbocycles. The Hall–Kier alpha value is -1.26. The van der Waals surface area contributed by atoms with E-state index in [0.29, 0.717) is 0 Å². The molecule has 3 nitrogen and oxygen atoms in total. The van der Waals surface area contributed by atoms with Gasteiger partial charge in [-0.1, -0.05) is 0 Å². The Balaban J connectivity index is 2.05. The maximum Gasteiger partial charge on any atom is 0.252 e. The highest BCUT2D eigenvalue weighted by molar-refractivity contribution is 5.78. The van der Waals surface area contributed by atoms with Crippen molar-refractivity contribution in [2.24, 2.45) is 4.99 Å². The van der Waals surface area contributed by atoms with E-state index in [4.69, 9.17) is 0 Å². The van der Waals surface area contributed by atoms with Crippen molar-refractivity contribution in [3.05, 3.63) is 18.0 Å². The highest BCUT2D eigenvalue weighted by Crippen LogP contribution is 2.44. The smallest absolute Gasteiger partial charge is 0.252 e. The monoisotopic (exact) mass is 199 g/mol. The van der Waals surface area contributed by atoms with Crippen LogP contribution in [0.2, 0.25) is 0 Å². The van der Waals surface area contributed by atoms with Crippen LogP contribution in [-0.4, -0.2) is 29.0 Å². The topological polar surface area (TPSA) is 30.2 Å². The van der Waals surface area contributed by atoms with Crippen LogP contribution >= 0.6 is 0 Å². The molecule has 0 N–H and O–H groups in total. The van der Waals surface area contributed by atoms with Crippen LogP contribution in [0.3, 0.4) is 0 Å². The molecule has 1 aromatic heterocycles. The van der Waals surface area contributed by atoms with Crippen LogP contribution in [0.25, 0.3) is 0 Å². The lowest BCUT2D eigenvalue weighted by Crippen LogP contribution is -2.37. The van der Waals surface area contributed by atoms with Crippen LogP contribution in [0.4, 0.5) is 8.78 Å². The van der Waals surface area contributed by atoms with Gasteiger partial charge < -0.3 is 0 Å². The first-order valence-corrected chi connectivity index (χ1v) is 4.45. The van der Waals surface area contributed by atoms with E-state index in [0.717, 1.165) is 5.56 Å². The second-order valence-corrected chi connectivity index (χ2v) is 3.56. The molecule has 0 amide bonds. The molecule has 0 spiro atoms. The second kappa shape index (κ2) is 3.15. The first-order chi connectivity index (χ1) is 6.61. The summed E-state index contributed by atoms with van der Waals surface area (Å²) in [6.07, 6.45) is 4.82. The predicted octanol–water partition coefficient (Wildman–Crippen LogP) is 1.90. The van der Waals surface area contributed by atoms with Gasteiger partial charge in [-0.25, -0.2) is 8.78 Å². The number of nitrogens with zero attached hydrogens (tertiary/aromatic N) is 3. The van der Waals surface area contributed by atoms with Gasteiger partial charge in [0, 0.05) is 37.9 Å². The number of alkyl halides is 2. The Kier molecular flexibility index (Phi) is 2.09. The van der Waals surface area contributed by atoms with Crippen molar-refractivity contribution < 1.29 is 8.78 Å². The molecule has 1 aliphatic rings. The number of hydrogen-bond acceptors (Lipinski definition) is 2. The quantitative estimate of drug-likeness (QED) is 0.669. The minimum absolute atomic E-state index is 0.0998. The third kappa shape index (κ3) is 1.66. The molecular weight excluding hydrogens is 188 g/mol. The summed E-state index contributed by atoms with van der Waals surface area (Å²) < 4.78 is 26.7. The zero-order chi connectivity index (χ0) is 10.2. The Morgan fingerprint density at radius 2 is 2.36 bits per heavy atom. The van der Waals surface area contributed by atoms with Gasteiger partial charge in [-0.3, -0.25) is 9.67 Å². The number of rotatable bonds is 2. The molecule has 0 atom stereocenters. The summed E-state index contributed by atoms with van der Waals surface area (Å²) in [5.74, 6) is -2.49. The fraction of sp³-hybridized carbons (Fsp3) is 0.556. The normalized spacial score (nSPS) is 21.4. The zero-order valence-corrected chi connectivity index (χ0v) is 7.82. The molecule has 1 fully saturated rings. The van der Waals surface area contributed by atoms with E-state index in [-0.39, 0.29) is 18.9 Å². The Morgan fingerprint density at radius 3 is 2.93 bits per heavy atom. The fourth-order valence-corrected chi connectivity index (χ4v) is 1.58. The van der Waals surface area contributed by atoms with Crippen LogP contribution in [0.5, 0.6) is 0 Å². The molecule has 0 aliphatic heterocycles. The van der Waals surface area contributed by atoms with Crippen molar-refractivity contribution in [2.75, 3.05) is 7.05 Å². The van der Waals surface area contributed by atoms with Gasteiger partial charge in [-0.05, 0) is 0 Å². The number of halogens is 2. The van der Waals surface area contributed by atoms with Crippen LogP contribution in [-0.2, 0) is 0 Å². The van der Waals surface area contributed by atoms with Gasteiger partial charge in [-0.15, -0.1) is 0 Å². The van der Waals surface area contributed by atoms with E-state index in [1.165, 1.54) is 0 Å². The van der Waals surface area contributed by atoms with Gasteiger partial charge in [0.1, 0.15) is 0 Å². The van der Waals surface area contributed by atoms with Crippen LogP contribution in [0.15, 0.2) is 17.4 Å². The summed E-state index contributed by atoms with van der Waals surface area (Å²) in [7, 11) is 1.66. The molecule has 0 radical (unpaired) electrons. The first kappa shape index (κ1) is 9.30. The highest BCUT2D eigenvalue weighted by atomic mass is 19.3. The zero-order valence-electron chi connectivity index (χ0n) is 7.82. The van der Waals surface area contributed by atoms with Gasteiger partial charge in [0.25, 0.3) is 5.92 Å². The molecule has 0 aromatic carbocycles. The van der Waals surface area contributed by atoms with Crippen molar-refractivity contribution in [3.8, 4) is 0 Å². The summed E-state index contributed by atoms with van der Waals surface area (Å²) in [6.45, 7) is 0. The van der Waals surface area contributed by atoms with E-state index < -0.39 is 5.92 Å². The molecule has 76 valence electrons. The number of aromatic nitrogens is 2. The second-order valence-electron chi connectivity index (χ2n) is 3.56. The van der Waals surface area contributed by atoms with E-state index in [2.05, 4.69) is 10.1 Å². The largest absolute Gasteiger partial charge is 0.296 e. The molecule has 1 heterocycles. The summed E-state index contributed by atoms with van der Waals surface area (Å²) in [5, 5.41) is 4.01. The lowest BCUT2D eigenvalue weighted by atomic mass is 9.88. The van der Waals surface area contributed by atoms with E-state index in [1.54, 1.807) is 30.3 Å². The minimum Gasteiger partial charge on any atom is -0.296 e. The van der Waals surface area contributed by atoms with Crippen LogP contribution in [0, 0.1) is 0 Å². The number of hydrogen-bond donors (Lipinski definition) is 0. The lowest BCUT2D eigenvalue weighted by Gasteiger charge is -2.34.